The molecule has 3 aromatic rings. The third-order valence-corrected chi connectivity index (χ3v) is 4.67. The summed E-state index contributed by atoms with van der Waals surface area (Å²) in [5.41, 5.74) is 2.29. The van der Waals surface area contributed by atoms with Gasteiger partial charge < -0.3 is 5.32 Å². The number of hydrogen-bond donors (Lipinski definition) is 1. The van der Waals surface area contributed by atoms with Crippen LogP contribution in [0.3, 0.4) is 0 Å². The lowest BCUT2D eigenvalue weighted by Crippen LogP contribution is -2.29. The lowest BCUT2D eigenvalue weighted by molar-refractivity contribution is -0.121. The zero-order chi connectivity index (χ0) is 20.4. The van der Waals surface area contributed by atoms with Gasteiger partial charge in [-0.3, -0.25) is 4.79 Å². The molecule has 1 heterocycles. The number of aromatic nitrogens is 2. The molecular weight excluding hydrogens is 367 g/mol. The Morgan fingerprint density at radius 3 is 2.50 bits per heavy atom. The lowest BCUT2D eigenvalue weighted by atomic mass is 10.1. The van der Waals surface area contributed by atoms with E-state index in [9.17, 15) is 18.0 Å². The van der Waals surface area contributed by atoms with E-state index in [1.807, 2.05) is 0 Å². The number of rotatable bonds is 5. The van der Waals surface area contributed by atoms with Crippen molar-refractivity contribution in [2.45, 2.75) is 33.2 Å². The molecule has 0 saturated heterocycles. The average molecular weight is 387 g/mol. The minimum Gasteiger partial charge on any atom is -0.349 e. The average Bonchev–Trinajstić information content (AvgIpc) is 2.90. The van der Waals surface area contributed by atoms with E-state index in [1.165, 1.54) is 16.8 Å². The van der Waals surface area contributed by atoms with E-state index in [-0.39, 0.29) is 23.8 Å². The summed E-state index contributed by atoms with van der Waals surface area (Å²) in [5.74, 6) is -2.11. The fraction of sp³-hybridized carbons (Fsp3) is 0.238. The van der Waals surface area contributed by atoms with Gasteiger partial charge in [0.15, 0.2) is 5.82 Å². The van der Waals surface area contributed by atoms with Crippen LogP contribution in [0.1, 0.15) is 35.5 Å². The van der Waals surface area contributed by atoms with Crippen molar-refractivity contribution in [2.75, 3.05) is 0 Å². The third-order valence-electron chi connectivity index (χ3n) is 4.67. The van der Waals surface area contributed by atoms with Crippen LogP contribution in [-0.2, 0) is 11.2 Å². The van der Waals surface area contributed by atoms with Crippen LogP contribution in [0.2, 0.25) is 0 Å². The summed E-state index contributed by atoms with van der Waals surface area (Å²) in [6.45, 7) is 5.13. The van der Waals surface area contributed by atoms with Crippen LogP contribution in [0.25, 0.3) is 5.69 Å². The minimum atomic E-state index is -0.741. The summed E-state index contributed by atoms with van der Waals surface area (Å²) in [4.78, 5) is 12.5. The van der Waals surface area contributed by atoms with E-state index < -0.39 is 17.7 Å². The highest BCUT2D eigenvalue weighted by Gasteiger charge is 2.20. The molecule has 1 aromatic heterocycles. The van der Waals surface area contributed by atoms with E-state index in [0.29, 0.717) is 22.5 Å². The molecule has 1 atom stereocenters. The standard InChI is InChI=1S/C21H20F3N3O/c1-12(16-6-4-5-7-18(16)23)25-21(28)11-17-13(2)26-27(14(17)3)20-9-8-15(22)10-19(20)24/h4-10,12H,11H2,1-3H3,(H,25,28)/t12-/m0/s1. The molecule has 0 spiro atoms. The molecule has 28 heavy (non-hydrogen) atoms. The Balaban J connectivity index is 1.80. The number of halogens is 3. The van der Waals surface area contributed by atoms with Gasteiger partial charge in [-0.2, -0.15) is 5.10 Å². The van der Waals surface area contributed by atoms with Gasteiger partial charge in [-0.15, -0.1) is 0 Å². The van der Waals surface area contributed by atoms with Gasteiger partial charge in [0.2, 0.25) is 5.91 Å². The summed E-state index contributed by atoms with van der Waals surface area (Å²) < 4.78 is 42.5. The molecular formula is C21H20F3N3O. The number of carbonyl (C=O) groups is 1. The molecule has 0 aliphatic heterocycles. The first kappa shape index (κ1) is 19.7. The molecule has 3 rings (SSSR count). The molecule has 1 N–H and O–H groups in total. The van der Waals surface area contributed by atoms with Crippen LogP contribution >= 0.6 is 0 Å². The zero-order valence-corrected chi connectivity index (χ0v) is 15.8. The molecule has 0 aliphatic carbocycles. The zero-order valence-electron chi connectivity index (χ0n) is 15.8. The maximum atomic E-state index is 14.1. The number of nitrogens with one attached hydrogen (secondary N) is 1. The summed E-state index contributed by atoms with van der Waals surface area (Å²) in [5, 5.41) is 7.06. The van der Waals surface area contributed by atoms with Crippen molar-refractivity contribution in [1.82, 2.24) is 15.1 Å². The first-order chi connectivity index (χ1) is 13.3. The topological polar surface area (TPSA) is 46.9 Å². The van der Waals surface area contributed by atoms with Crippen molar-refractivity contribution in [3.63, 3.8) is 0 Å². The maximum absolute atomic E-state index is 14.1. The van der Waals surface area contributed by atoms with Gasteiger partial charge in [0.05, 0.1) is 18.2 Å². The Morgan fingerprint density at radius 1 is 1.11 bits per heavy atom. The van der Waals surface area contributed by atoms with E-state index in [1.54, 1.807) is 39.0 Å². The monoisotopic (exact) mass is 387 g/mol. The van der Waals surface area contributed by atoms with E-state index in [4.69, 9.17) is 0 Å². The van der Waals surface area contributed by atoms with Crippen molar-refractivity contribution in [2.24, 2.45) is 0 Å². The normalized spacial score (nSPS) is 12.1. The highest BCUT2D eigenvalue weighted by atomic mass is 19.1. The fourth-order valence-electron chi connectivity index (χ4n) is 3.18. The second-order valence-corrected chi connectivity index (χ2v) is 6.64. The van der Waals surface area contributed by atoms with Crippen LogP contribution < -0.4 is 5.32 Å². The summed E-state index contributed by atoms with van der Waals surface area (Å²) >= 11 is 0. The Labute approximate surface area is 161 Å². The highest BCUT2D eigenvalue weighted by molar-refractivity contribution is 5.79. The first-order valence-corrected chi connectivity index (χ1v) is 8.82. The lowest BCUT2D eigenvalue weighted by Gasteiger charge is -2.15. The second kappa shape index (κ2) is 7.88. The predicted molar refractivity (Wildman–Crippen MR) is 99.6 cm³/mol. The Hall–Kier alpha value is -3.09. The summed E-state index contributed by atoms with van der Waals surface area (Å²) in [6, 6.07) is 8.98. The number of carbonyl (C=O) groups excluding carboxylic acids is 1. The number of aryl methyl sites for hydroxylation is 1. The minimum absolute atomic E-state index is 0.0132. The van der Waals surface area contributed by atoms with Gasteiger partial charge >= 0.3 is 0 Å². The van der Waals surface area contributed by atoms with Crippen LogP contribution in [0.5, 0.6) is 0 Å². The van der Waals surface area contributed by atoms with Crippen LogP contribution in [-0.4, -0.2) is 15.7 Å². The van der Waals surface area contributed by atoms with Gasteiger partial charge in [0.1, 0.15) is 17.3 Å². The quantitative estimate of drug-likeness (QED) is 0.709. The molecule has 7 heteroatoms. The highest BCUT2D eigenvalue weighted by Crippen LogP contribution is 2.22. The van der Waals surface area contributed by atoms with E-state index >= 15 is 0 Å². The first-order valence-electron chi connectivity index (χ1n) is 8.82. The van der Waals surface area contributed by atoms with Crippen LogP contribution in [0.15, 0.2) is 42.5 Å². The summed E-state index contributed by atoms with van der Waals surface area (Å²) in [6.07, 6.45) is 0.0132. The molecule has 0 radical (unpaired) electrons. The number of nitrogens with zero attached hydrogens (tertiary/aromatic N) is 2. The van der Waals surface area contributed by atoms with Gasteiger partial charge in [0, 0.05) is 22.9 Å². The molecule has 0 fully saturated rings. The van der Waals surface area contributed by atoms with Gasteiger partial charge in [-0.25, -0.2) is 17.9 Å². The molecule has 0 aliphatic rings. The van der Waals surface area contributed by atoms with Crippen molar-refractivity contribution >= 4 is 5.91 Å². The Kier molecular flexibility index (Phi) is 5.53. The molecule has 0 bridgehead atoms. The van der Waals surface area contributed by atoms with Crippen molar-refractivity contribution in [1.29, 1.82) is 0 Å². The molecule has 0 saturated carbocycles. The van der Waals surface area contributed by atoms with Crippen molar-refractivity contribution in [3.05, 3.63) is 82.4 Å². The smallest absolute Gasteiger partial charge is 0.225 e. The molecule has 1 amide bonds. The molecule has 2 aromatic carbocycles. The van der Waals surface area contributed by atoms with Crippen molar-refractivity contribution < 1.29 is 18.0 Å². The molecule has 0 unspecified atom stereocenters. The number of amides is 1. The van der Waals surface area contributed by atoms with Crippen LogP contribution in [0, 0.1) is 31.3 Å². The Morgan fingerprint density at radius 2 is 1.82 bits per heavy atom. The Bertz CT molecular complexity index is 1030. The van der Waals surface area contributed by atoms with Gasteiger partial charge in [-0.05, 0) is 39.0 Å². The second-order valence-electron chi connectivity index (χ2n) is 6.64. The van der Waals surface area contributed by atoms with Crippen molar-refractivity contribution in [3.8, 4) is 5.69 Å². The predicted octanol–water partition coefficient (Wildman–Crippen LogP) is 4.33. The molecule has 146 valence electrons. The third kappa shape index (κ3) is 3.93. The van der Waals surface area contributed by atoms with E-state index in [2.05, 4.69) is 10.4 Å². The SMILES string of the molecule is Cc1nn(-c2ccc(F)cc2F)c(C)c1CC(=O)N[C@@H](C)c1ccccc1F. The maximum Gasteiger partial charge on any atom is 0.225 e. The van der Waals surface area contributed by atoms with E-state index in [0.717, 1.165) is 12.1 Å². The van der Waals surface area contributed by atoms with Gasteiger partial charge in [0.25, 0.3) is 0 Å². The van der Waals surface area contributed by atoms with Gasteiger partial charge in [-0.1, -0.05) is 18.2 Å². The van der Waals surface area contributed by atoms with Crippen LogP contribution in [0.4, 0.5) is 13.2 Å². The largest absolute Gasteiger partial charge is 0.349 e. The molecule has 4 nitrogen and oxygen atoms in total. The fourth-order valence-corrected chi connectivity index (χ4v) is 3.18. The number of hydrogen-bond acceptors (Lipinski definition) is 2. The summed E-state index contributed by atoms with van der Waals surface area (Å²) in [7, 11) is 0. The number of benzene rings is 2.